The van der Waals surface area contributed by atoms with Crippen LogP contribution in [0.2, 0.25) is 0 Å². The van der Waals surface area contributed by atoms with Crippen LogP contribution in [0.15, 0.2) is 48.5 Å². The van der Waals surface area contributed by atoms with E-state index in [1.54, 1.807) is 42.5 Å². The summed E-state index contributed by atoms with van der Waals surface area (Å²) in [5.41, 5.74) is 2.01. The number of hydrogen-bond acceptors (Lipinski definition) is 1. The molecule has 0 unspecified atom stereocenters. The van der Waals surface area contributed by atoms with Crippen LogP contribution in [0.3, 0.4) is 0 Å². The lowest BCUT2D eigenvalue weighted by Crippen LogP contribution is -2.15. The zero-order valence-corrected chi connectivity index (χ0v) is 21.5. The second-order valence-electron chi connectivity index (χ2n) is 9.98. The molecular weight excluding hydrogens is 476 g/mol. The van der Waals surface area contributed by atoms with E-state index in [1.807, 2.05) is 0 Å². The number of unbranched alkanes of at least 4 members (excludes halogenated alkanes) is 2. The Morgan fingerprint density at radius 3 is 2.16 bits per heavy atom. The van der Waals surface area contributed by atoms with Crippen molar-refractivity contribution >= 4 is 12.2 Å². The predicted octanol–water partition coefficient (Wildman–Crippen LogP) is 9.94. The predicted molar refractivity (Wildman–Crippen MR) is 142 cm³/mol. The highest BCUT2D eigenvalue weighted by Gasteiger charge is 2.26. The summed E-state index contributed by atoms with van der Waals surface area (Å²) in [6.45, 7) is 2.21. The van der Waals surface area contributed by atoms with Gasteiger partial charge in [0.1, 0.15) is 0 Å². The fraction of sp³-hybridized carbons (Fsp3) is 0.375. The molecular formula is C32H34F4O. The van der Waals surface area contributed by atoms with E-state index in [9.17, 15) is 17.6 Å². The van der Waals surface area contributed by atoms with Crippen molar-refractivity contribution in [2.24, 2.45) is 5.92 Å². The van der Waals surface area contributed by atoms with Gasteiger partial charge < -0.3 is 4.74 Å². The van der Waals surface area contributed by atoms with Gasteiger partial charge in [-0.1, -0.05) is 81.2 Å². The van der Waals surface area contributed by atoms with Gasteiger partial charge in [0.2, 0.25) is 5.82 Å². The van der Waals surface area contributed by atoms with Crippen molar-refractivity contribution < 1.29 is 22.3 Å². The van der Waals surface area contributed by atoms with Crippen molar-refractivity contribution in [2.45, 2.75) is 64.2 Å². The third kappa shape index (κ3) is 6.26. The second-order valence-corrected chi connectivity index (χ2v) is 9.98. The lowest BCUT2D eigenvalue weighted by Gasteiger charge is -2.29. The first kappa shape index (κ1) is 27.0. The minimum absolute atomic E-state index is 0.0747. The van der Waals surface area contributed by atoms with Gasteiger partial charge in [0.15, 0.2) is 23.2 Å². The van der Waals surface area contributed by atoms with E-state index in [-0.39, 0.29) is 22.8 Å². The van der Waals surface area contributed by atoms with Crippen LogP contribution in [0.1, 0.15) is 80.9 Å². The summed E-state index contributed by atoms with van der Waals surface area (Å²) in [6, 6.07) is 12.9. The number of hydrogen-bond donors (Lipinski definition) is 0. The van der Waals surface area contributed by atoms with Crippen molar-refractivity contribution in [3.8, 4) is 16.9 Å². The van der Waals surface area contributed by atoms with E-state index >= 15 is 0 Å². The molecule has 1 aliphatic rings. The molecule has 1 fully saturated rings. The topological polar surface area (TPSA) is 9.23 Å². The molecule has 0 N–H and O–H groups in total. The Bertz CT molecular complexity index is 1220. The molecule has 37 heavy (non-hydrogen) atoms. The molecule has 1 saturated carbocycles. The molecule has 3 aromatic rings. The standard InChI is InChI=1S/C32H34F4O/c1-3-4-5-6-21-7-12-23(13-8-21)26-18-17-25(29(33)30(26)34)16-11-22-9-14-24(15-10-22)27-19-20-28(37-2)32(36)31(27)35/h9-11,14-21,23H,3-8,12-13H2,1-2H3/b16-11+. The van der Waals surface area contributed by atoms with Crippen LogP contribution < -0.4 is 4.74 Å². The summed E-state index contributed by atoms with van der Waals surface area (Å²) in [7, 11) is 1.28. The van der Waals surface area contributed by atoms with Gasteiger partial charge in [-0.2, -0.15) is 4.39 Å². The largest absolute Gasteiger partial charge is 0.494 e. The summed E-state index contributed by atoms with van der Waals surface area (Å²) in [5.74, 6) is -2.96. The average molecular weight is 511 g/mol. The molecule has 0 radical (unpaired) electrons. The van der Waals surface area contributed by atoms with Crippen molar-refractivity contribution in [1.29, 1.82) is 0 Å². The molecule has 0 aromatic heterocycles. The molecule has 0 amide bonds. The van der Waals surface area contributed by atoms with E-state index in [2.05, 4.69) is 6.92 Å². The fourth-order valence-corrected chi connectivity index (χ4v) is 5.34. The average Bonchev–Trinajstić information content (AvgIpc) is 2.92. The van der Waals surface area contributed by atoms with Gasteiger partial charge in [0.25, 0.3) is 0 Å². The van der Waals surface area contributed by atoms with Crippen LogP contribution in [-0.2, 0) is 0 Å². The summed E-state index contributed by atoms with van der Waals surface area (Å²) < 4.78 is 63.2. The van der Waals surface area contributed by atoms with Gasteiger partial charge >= 0.3 is 0 Å². The van der Waals surface area contributed by atoms with E-state index in [0.29, 0.717) is 17.0 Å². The van der Waals surface area contributed by atoms with Crippen molar-refractivity contribution in [3.05, 3.63) is 88.5 Å². The third-order valence-electron chi connectivity index (χ3n) is 7.59. The van der Waals surface area contributed by atoms with Gasteiger partial charge in [-0.15, -0.1) is 0 Å². The van der Waals surface area contributed by atoms with Crippen molar-refractivity contribution in [3.63, 3.8) is 0 Å². The maximum atomic E-state index is 15.0. The van der Waals surface area contributed by atoms with Crippen LogP contribution in [0.5, 0.6) is 5.75 Å². The lowest BCUT2D eigenvalue weighted by molar-refractivity contribution is 0.298. The van der Waals surface area contributed by atoms with Crippen LogP contribution in [0.4, 0.5) is 17.6 Å². The zero-order chi connectivity index (χ0) is 26.4. The van der Waals surface area contributed by atoms with Gasteiger partial charge in [0, 0.05) is 11.1 Å². The van der Waals surface area contributed by atoms with Crippen LogP contribution >= 0.6 is 0 Å². The fourth-order valence-electron chi connectivity index (χ4n) is 5.34. The molecule has 1 aliphatic carbocycles. The first-order chi connectivity index (χ1) is 17.9. The summed E-state index contributed by atoms with van der Waals surface area (Å²) in [6.07, 6.45) is 12.2. The molecule has 196 valence electrons. The Hall–Kier alpha value is -3.08. The van der Waals surface area contributed by atoms with Crippen molar-refractivity contribution in [2.75, 3.05) is 7.11 Å². The normalized spacial score (nSPS) is 17.9. The highest BCUT2D eigenvalue weighted by Crippen LogP contribution is 2.39. The Labute approximate surface area is 217 Å². The van der Waals surface area contributed by atoms with Crippen molar-refractivity contribution in [1.82, 2.24) is 0 Å². The second kappa shape index (κ2) is 12.4. The number of benzene rings is 3. The SMILES string of the molecule is CCCCCC1CCC(c2ccc(/C=C/c3ccc(-c4ccc(OC)c(F)c4F)cc3)c(F)c2F)CC1. The first-order valence-corrected chi connectivity index (χ1v) is 13.2. The van der Waals surface area contributed by atoms with E-state index in [1.165, 1.54) is 51.0 Å². The van der Waals surface area contributed by atoms with Crippen LogP contribution in [0.25, 0.3) is 23.3 Å². The molecule has 0 bridgehead atoms. The van der Waals surface area contributed by atoms with E-state index in [4.69, 9.17) is 4.74 Å². The summed E-state index contributed by atoms with van der Waals surface area (Å²) >= 11 is 0. The van der Waals surface area contributed by atoms with Crippen LogP contribution in [-0.4, -0.2) is 7.11 Å². The number of rotatable bonds is 9. The number of halogens is 4. The summed E-state index contributed by atoms with van der Waals surface area (Å²) in [4.78, 5) is 0. The molecule has 0 saturated heterocycles. The van der Waals surface area contributed by atoms with Gasteiger partial charge in [-0.05, 0) is 66.3 Å². The lowest BCUT2D eigenvalue weighted by atomic mass is 9.76. The molecule has 3 aromatic carbocycles. The van der Waals surface area contributed by atoms with Gasteiger partial charge in [0.05, 0.1) is 7.11 Å². The summed E-state index contributed by atoms with van der Waals surface area (Å²) in [5, 5.41) is 0. The molecule has 0 spiro atoms. The molecule has 1 nitrogen and oxygen atoms in total. The molecule has 5 heteroatoms. The Morgan fingerprint density at radius 2 is 1.49 bits per heavy atom. The third-order valence-corrected chi connectivity index (χ3v) is 7.59. The molecule has 0 heterocycles. The zero-order valence-electron chi connectivity index (χ0n) is 21.5. The Morgan fingerprint density at radius 1 is 0.757 bits per heavy atom. The highest BCUT2D eigenvalue weighted by atomic mass is 19.2. The maximum absolute atomic E-state index is 15.0. The monoisotopic (exact) mass is 510 g/mol. The molecule has 0 atom stereocenters. The maximum Gasteiger partial charge on any atom is 0.201 e. The van der Waals surface area contributed by atoms with Gasteiger partial charge in [-0.25, -0.2) is 13.2 Å². The quantitative estimate of drug-likeness (QED) is 0.158. The smallest absolute Gasteiger partial charge is 0.201 e. The van der Waals surface area contributed by atoms with E-state index < -0.39 is 23.3 Å². The Kier molecular flexibility index (Phi) is 9.07. The molecule has 4 rings (SSSR count). The van der Waals surface area contributed by atoms with Crippen LogP contribution in [0, 0.1) is 29.2 Å². The van der Waals surface area contributed by atoms with Gasteiger partial charge in [-0.3, -0.25) is 0 Å². The first-order valence-electron chi connectivity index (χ1n) is 13.2. The highest BCUT2D eigenvalue weighted by molar-refractivity contribution is 5.73. The number of ether oxygens (including phenoxy) is 1. The minimum Gasteiger partial charge on any atom is -0.494 e. The van der Waals surface area contributed by atoms with E-state index in [0.717, 1.165) is 31.2 Å². The molecule has 0 aliphatic heterocycles. The Balaban J connectivity index is 1.42. The number of methoxy groups -OCH3 is 1. The minimum atomic E-state index is -1.04.